The summed E-state index contributed by atoms with van der Waals surface area (Å²) in [7, 11) is 1.39. The molecule has 112 valence electrons. The predicted octanol–water partition coefficient (Wildman–Crippen LogP) is 3.68. The number of carbonyl (C=O) groups excluding carboxylic acids is 1. The van der Waals surface area contributed by atoms with E-state index < -0.39 is 0 Å². The van der Waals surface area contributed by atoms with Crippen LogP contribution < -0.4 is 0 Å². The van der Waals surface area contributed by atoms with Crippen molar-refractivity contribution in [2.45, 2.75) is 24.3 Å². The molecule has 21 heavy (non-hydrogen) atoms. The lowest BCUT2D eigenvalue weighted by molar-refractivity contribution is -0.140. The first-order valence-electron chi connectivity index (χ1n) is 6.35. The van der Waals surface area contributed by atoms with E-state index in [9.17, 15) is 4.79 Å². The Kier molecular flexibility index (Phi) is 5.81. The number of thioether (sulfide) groups is 1. The maximum absolute atomic E-state index is 11.2. The van der Waals surface area contributed by atoms with Crippen LogP contribution >= 0.6 is 27.7 Å². The number of hydrogen-bond donors (Lipinski definition) is 0. The number of methoxy groups -OCH3 is 1. The molecular formula is C14H15BrN2O3S. The molecule has 0 aliphatic heterocycles. The van der Waals surface area contributed by atoms with Crippen molar-refractivity contribution in [3.63, 3.8) is 0 Å². The Labute approximate surface area is 135 Å². The van der Waals surface area contributed by atoms with Gasteiger partial charge in [-0.3, -0.25) is 4.79 Å². The van der Waals surface area contributed by atoms with Gasteiger partial charge in [0.1, 0.15) is 0 Å². The van der Waals surface area contributed by atoms with Crippen molar-refractivity contribution in [2.24, 2.45) is 0 Å². The number of esters is 1. The van der Waals surface area contributed by atoms with E-state index >= 15 is 0 Å². The van der Waals surface area contributed by atoms with Gasteiger partial charge in [0, 0.05) is 15.3 Å². The molecule has 0 amide bonds. The molecule has 1 aromatic carbocycles. The second-order valence-electron chi connectivity index (χ2n) is 4.42. The van der Waals surface area contributed by atoms with E-state index in [0.29, 0.717) is 23.9 Å². The zero-order chi connectivity index (χ0) is 15.2. The highest BCUT2D eigenvalue weighted by atomic mass is 79.9. The Bertz CT molecular complexity index is 618. The maximum Gasteiger partial charge on any atom is 0.306 e. The maximum atomic E-state index is 11.2. The van der Waals surface area contributed by atoms with Gasteiger partial charge in [-0.25, -0.2) is 0 Å². The van der Waals surface area contributed by atoms with Gasteiger partial charge >= 0.3 is 5.97 Å². The third-order valence-corrected chi connectivity index (χ3v) is 4.37. The van der Waals surface area contributed by atoms with Gasteiger partial charge in [-0.2, -0.15) is 4.98 Å². The first kappa shape index (κ1) is 16.0. The van der Waals surface area contributed by atoms with Crippen LogP contribution in [-0.2, 0) is 15.3 Å². The van der Waals surface area contributed by atoms with Gasteiger partial charge in [0.15, 0.2) is 0 Å². The standard InChI is InChI=1S/C14H15BrN2O3S/c1-9(6-13(18)19-2)21-8-12-16-14(17-20-12)10-4-3-5-11(15)7-10/h3-5,7,9H,6,8H2,1-2H3. The molecule has 0 N–H and O–H groups in total. The minimum absolute atomic E-state index is 0.138. The van der Waals surface area contributed by atoms with Crippen molar-refractivity contribution in [2.75, 3.05) is 7.11 Å². The summed E-state index contributed by atoms with van der Waals surface area (Å²) in [5.74, 6) is 1.47. The van der Waals surface area contributed by atoms with Crippen LogP contribution in [0.3, 0.4) is 0 Å². The van der Waals surface area contributed by atoms with Gasteiger partial charge in [0.25, 0.3) is 0 Å². The SMILES string of the molecule is COC(=O)CC(C)SCc1nc(-c2cccc(Br)c2)no1. The predicted molar refractivity (Wildman–Crippen MR) is 84.8 cm³/mol. The lowest BCUT2D eigenvalue weighted by Gasteiger charge is -2.07. The zero-order valence-corrected chi connectivity index (χ0v) is 14.1. The van der Waals surface area contributed by atoms with Crippen LogP contribution in [-0.4, -0.2) is 28.5 Å². The molecule has 0 radical (unpaired) electrons. The molecule has 0 saturated carbocycles. The first-order chi connectivity index (χ1) is 10.1. The second-order valence-corrected chi connectivity index (χ2v) is 6.77. The molecule has 0 bridgehead atoms. The number of carbonyl (C=O) groups is 1. The molecule has 0 aliphatic rings. The highest BCUT2D eigenvalue weighted by molar-refractivity contribution is 9.10. The van der Waals surface area contributed by atoms with Gasteiger partial charge in [-0.05, 0) is 12.1 Å². The molecule has 0 spiro atoms. The van der Waals surface area contributed by atoms with E-state index in [2.05, 4.69) is 30.8 Å². The molecule has 0 fully saturated rings. The number of nitrogens with zero attached hydrogens (tertiary/aromatic N) is 2. The number of aromatic nitrogens is 2. The first-order valence-corrected chi connectivity index (χ1v) is 8.19. The molecule has 2 aromatic rings. The second kappa shape index (κ2) is 7.61. The van der Waals surface area contributed by atoms with Crippen molar-refractivity contribution < 1.29 is 14.1 Å². The van der Waals surface area contributed by atoms with E-state index in [1.54, 1.807) is 11.8 Å². The molecule has 2 rings (SSSR count). The van der Waals surface area contributed by atoms with E-state index in [-0.39, 0.29) is 11.2 Å². The highest BCUT2D eigenvalue weighted by Gasteiger charge is 2.13. The van der Waals surface area contributed by atoms with Crippen LogP contribution in [0.15, 0.2) is 33.3 Å². The Balaban J connectivity index is 1.93. The van der Waals surface area contributed by atoms with Crippen LogP contribution in [0.2, 0.25) is 0 Å². The molecule has 1 atom stereocenters. The number of rotatable bonds is 6. The smallest absolute Gasteiger partial charge is 0.306 e. The highest BCUT2D eigenvalue weighted by Crippen LogP contribution is 2.23. The summed E-state index contributed by atoms with van der Waals surface area (Å²) in [6.07, 6.45) is 0.369. The lowest BCUT2D eigenvalue weighted by Crippen LogP contribution is -2.08. The number of hydrogen-bond acceptors (Lipinski definition) is 6. The zero-order valence-electron chi connectivity index (χ0n) is 11.7. The molecule has 0 saturated heterocycles. The molecule has 0 aliphatic carbocycles. The summed E-state index contributed by atoms with van der Waals surface area (Å²) in [6, 6.07) is 7.71. The molecule has 1 heterocycles. The summed E-state index contributed by atoms with van der Waals surface area (Å²) in [6.45, 7) is 1.97. The van der Waals surface area contributed by atoms with E-state index in [0.717, 1.165) is 10.0 Å². The topological polar surface area (TPSA) is 65.2 Å². The fourth-order valence-electron chi connectivity index (χ4n) is 1.65. The normalized spacial score (nSPS) is 12.1. The lowest BCUT2D eigenvalue weighted by atomic mass is 10.2. The Morgan fingerprint density at radius 1 is 1.52 bits per heavy atom. The van der Waals surface area contributed by atoms with Crippen molar-refractivity contribution in [1.82, 2.24) is 10.1 Å². The Hall–Kier alpha value is -1.34. The summed E-state index contributed by atoms with van der Waals surface area (Å²) < 4.78 is 10.8. The van der Waals surface area contributed by atoms with Crippen molar-refractivity contribution in [3.05, 3.63) is 34.6 Å². The fraction of sp³-hybridized carbons (Fsp3) is 0.357. The van der Waals surface area contributed by atoms with E-state index in [1.807, 2.05) is 31.2 Å². The average Bonchev–Trinajstić information content (AvgIpc) is 2.94. The third-order valence-electron chi connectivity index (χ3n) is 2.72. The number of ether oxygens (including phenoxy) is 1. The molecule has 7 heteroatoms. The quantitative estimate of drug-likeness (QED) is 0.722. The van der Waals surface area contributed by atoms with Crippen molar-refractivity contribution >= 4 is 33.7 Å². The Morgan fingerprint density at radius 3 is 3.05 bits per heavy atom. The minimum Gasteiger partial charge on any atom is -0.469 e. The molecule has 1 aromatic heterocycles. The number of benzene rings is 1. The molecular weight excluding hydrogens is 356 g/mol. The summed E-state index contributed by atoms with van der Waals surface area (Å²) in [4.78, 5) is 15.5. The molecule has 1 unspecified atom stereocenters. The largest absolute Gasteiger partial charge is 0.469 e. The average molecular weight is 371 g/mol. The summed E-state index contributed by atoms with van der Waals surface area (Å²) in [5.41, 5.74) is 0.895. The van der Waals surface area contributed by atoms with Gasteiger partial charge in [-0.15, -0.1) is 11.8 Å². The van der Waals surface area contributed by atoms with Crippen molar-refractivity contribution in [1.29, 1.82) is 0 Å². The third kappa shape index (κ3) is 4.86. The summed E-state index contributed by atoms with van der Waals surface area (Å²) >= 11 is 4.99. The van der Waals surface area contributed by atoms with Crippen LogP contribution in [0.4, 0.5) is 0 Å². The molecule has 5 nitrogen and oxygen atoms in total. The van der Waals surface area contributed by atoms with Gasteiger partial charge in [-0.1, -0.05) is 40.1 Å². The summed E-state index contributed by atoms with van der Waals surface area (Å²) in [5, 5.41) is 4.11. The van der Waals surface area contributed by atoms with Crippen LogP contribution in [0.1, 0.15) is 19.2 Å². The van der Waals surface area contributed by atoms with E-state index in [1.165, 1.54) is 7.11 Å². The van der Waals surface area contributed by atoms with Crippen molar-refractivity contribution in [3.8, 4) is 11.4 Å². The number of halogens is 1. The minimum atomic E-state index is -0.213. The van der Waals surface area contributed by atoms with Gasteiger partial charge in [0.05, 0.1) is 19.3 Å². The van der Waals surface area contributed by atoms with E-state index in [4.69, 9.17) is 4.52 Å². The van der Waals surface area contributed by atoms with Gasteiger partial charge < -0.3 is 9.26 Å². The van der Waals surface area contributed by atoms with Crippen LogP contribution in [0.5, 0.6) is 0 Å². The van der Waals surface area contributed by atoms with Gasteiger partial charge in [0.2, 0.25) is 11.7 Å². The monoisotopic (exact) mass is 370 g/mol. The van der Waals surface area contributed by atoms with Crippen LogP contribution in [0.25, 0.3) is 11.4 Å². The van der Waals surface area contributed by atoms with Crippen LogP contribution in [0, 0.1) is 0 Å². The fourth-order valence-corrected chi connectivity index (χ4v) is 2.85. The Morgan fingerprint density at radius 2 is 2.33 bits per heavy atom.